The maximum absolute atomic E-state index is 11.3. The zero-order chi connectivity index (χ0) is 13.1. The van der Waals surface area contributed by atoms with Crippen molar-refractivity contribution in [3.05, 3.63) is 51.9 Å². The number of hydrogen-bond acceptors (Lipinski definition) is 4. The molecule has 94 valence electrons. The van der Waals surface area contributed by atoms with Crippen molar-refractivity contribution in [2.24, 2.45) is 5.73 Å². The molecule has 0 fully saturated rings. The fourth-order valence-electron chi connectivity index (χ4n) is 1.55. The van der Waals surface area contributed by atoms with Crippen LogP contribution < -0.4 is 11.3 Å². The van der Waals surface area contributed by atoms with Crippen LogP contribution in [0.1, 0.15) is 24.2 Å². The Morgan fingerprint density at radius 1 is 1.33 bits per heavy atom. The van der Waals surface area contributed by atoms with Gasteiger partial charge in [0.05, 0.1) is 0 Å². The summed E-state index contributed by atoms with van der Waals surface area (Å²) in [5, 5.41) is 0.605. The van der Waals surface area contributed by atoms with Gasteiger partial charge in [-0.25, -0.2) is 4.98 Å². The molecular weight excluding hydrogens is 246 g/mol. The third-order valence-corrected chi connectivity index (χ3v) is 3.36. The van der Waals surface area contributed by atoms with Crippen LogP contribution in [0.5, 0.6) is 0 Å². The van der Waals surface area contributed by atoms with Crippen molar-refractivity contribution in [2.75, 3.05) is 0 Å². The van der Waals surface area contributed by atoms with E-state index in [9.17, 15) is 4.79 Å². The van der Waals surface area contributed by atoms with E-state index in [2.05, 4.69) is 9.97 Å². The number of aryl methyl sites for hydroxylation is 1. The Labute approximate surface area is 110 Å². The minimum Gasteiger partial charge on any atom is -0.324 e. The first-order chi connectivity index (χ1) is 8.54. The monoisotopic (exact) mass is 261 g/mol. The standard InChI is InChI=1S/C13H15N3OS/c1-8-7-12(17)16-13(15-8)18-11-5-3-10(4-6-11)9(2)14/h3-7,9H,14H2,1-2H3,(H,15,16,17)/t9-/m1/s1. The number of hydrogen-bond donors (Lipinski definition) is 2. The third-order valence-electron chi connectivity index (χ3n) is 2.47. The van der Waals surface area contributed by atoms with E-state index in [0.29, 0.717) is 10.9 Å². The van der Waals surface area contributed by atoms with Crippen LogP contribution in [0.3, 0.4) is 0 Å². The van der Waals surface area contributed by atoms with Crippen molar-refractivity contribution >= 4 is 11.8 Å². The second-order valence-corrected chi connectivity index (χ2v) is 5.21. The first-order valence-corrected chi connectivity index (χ1v) is 6.47. The second-order valence-electron chi connectivity index (χ2n) is 4.15. The highest BCUT2D eigenvalue weighted by molar-refractivity contribution is 7.99. The first-order valence-electron chi connectivity index (χ1n) is 5.66. The summed E-state index contributed by atoms with van der Waals surface area (Å²) in [6.07, 6.45) is 0. The van der Waals surface area contributed by atoms with Crippen molar-refractivity contribution < 1.29 is 0 Å². The minimum absolute atomic E-state index is 0.0287. The molecule has 0 saturated heterocycles. The maximum atomic E-state index is 11.3. The average Bonchev–Trinajstić information content (AvgIpc) is 2.28. The van der Waals surface area contributed by atoms with Gasteiger partial charge < -0.3 is 10.7 Å². The summed E-state index contributed by atoms with van der Waals surface area (Å²) in [6, 6.07) is 9.43. The van der Waals surface area contributed by atoms with Crippen molar-refractivity contribution in [1.29, 1.82) is 0 Å². The zero-order valence-electron chi connectivity index (χ0n) is 10.3. The van der Waals surface area contributed by atoms with Gasteiger partial charge in [-0.05, 0) is 31.5 Å². The molecule has 1 aromatic heterocycles. The summed E-state index contributed by atoms with van der Waals surface area (Å²) in [5.41, 5.74) is 7.47. The number of aromatic nitrogens is 2. The number of nitrogens with zero attached hydrogens (tertiary/aromatic N) is 1. The van der Waals surface area contributed by atoms with Gasteiger partial charge in [-0.15, -0.1) is 0 Å². The molecule has 0 aliphatic heterocycles. The van der Waals surface area contributed by atoms with Gasteiger partial charge in [0.1, 0.15) is 0 Å². The summed E-state index contributed by atoms with van der Waals surface area (Å²) in [7, 11) is 0. The molecule has 0 saturated carbocycles. The Hall–Kier alpha value is -1.59. The van der Waals surface area contributed by atoms with Crippen LogP contribution in [-0.4, -0.2) is 9.97 Å². The molecule has 5 heteroatoms. The summed E-state index contributed by atoms with van der Waals surface area (Å²) in [6.45, 7) is 3.75. The molecule has 2 aromatic rings. The number of aromatic amines is 1. The zero-order valence-corrected chi connectivity index (χ0v) is 11.1. The van der Waals surface area contributed by atoms with E-state index in [4.69, 9.17) is 5.73 Å². The van der Waals surface area contributed by atoms with Crippen LogP contribution in [0.15, 0.2) is 45.2 Å². The van der Waals surface area contributed by atoms with Crippen LogP contribution in [0.4, 0.5) is 0 Å². The lowest BCUT2D eigenvalue weighted by atomic mass is 10.1. The summed E-state index contributed by atoms with van der Waals surface area (Å²) < 4.78 is 0. The van der Waals surface area contributed by atoms with Crippen molar-refractivity contribution in [2.45, 2.75) is 29.9 Å². The van der Waals surface area contributed by atoms with Gasteiger partial charge in [0.2, 0.25) is 0 Å². The quantitative estimate of drug-likeness (QED) is 0.831. The molecule has 1 aromatic carbocycles. The van der Waals surface area contributed by atoms with E-state index in [1.54, 1.807) is 6.92 Å². The van der Waals surface area contributed by atoms with Gasteiger partial charge in [0.15, 0.2) is 5.16 Å². The fourth-order valence-corrected chi connectivity index (χ4v) is 2.39. The summed E-state index contributed by atoms with van der Waals surface area (Å²) in [4.78, 5) is 19.3. The van der Waals surface area contributed by atoms with Gasteiger partial charge in [0.25, 0.3) is 5.56 Å². The topological polar surface area (TPSA) is 71.8 Å². The Kier molecular flexibility index (Phi) is 3.84. The Morgan fingerprint density at radius 2 is 2.00 bits per heavy atom. The number of benzene rings is 1. The predicted molar refractivity (Wildman–Crippen MR) is 72.8 cm³/mol. The van der Waals surface area contributed by atoms with Crippen LogP contribution in [0.2, 0.25) is 0 Å². The number of nitrogens with two attached hydrogens (primary N) is 1. The summed E-state index contributed by atoms with van der Waals surface area (Å²) in [5.74, 6) is 0. The summed E-state index contributed by atoms with van der Waals surface area (Å²) >= 11 is 1.43. The lowest BCUT2D eigenvalue weighted by molar-refractivity contribution is 0.817. The molecule has 2 rings (SSSR count). The van der Waals surface area contributed by atoms with E-state index in [1.165, 1.54) is 17.8 Å². The highest BCUT2D eigenvalue weighted by Crippen LogP contribution is 2.25. The van der Waals surface area contributed by atoms with Crippen LogP contribution in [0, 0.1) is 6.92 Å². The van der Waals surface area contributed by atoms with E-state index >= 15 is 0 Å². The average molecular weight is 261 g/mol. The second kappa shape index (κ2) is 5.37. The molecule has 4 nitrogen and oxygen atoms in total. The van der Waals surface area contributed by atoms with Gasteiger partial charge in [-0.3, -0.25) is 4.79 Å². The lowest BCUT2D eigenvalue weighted by Gasteiger charge is -2.06. The maximum Gasteiger partial charge on any atom is 0.251 e. The van der Waals surface area contributed by atoms with E-state index in [-0.39, 0.29) is 11.6 Å². The SMILES string of the molecule is Cc1cc(=O)[nH]c(Sc2ccc([C@@H](C)N)cc2)n1. The molecule has 0 unspecified atom stereocenters. The van der Waals surface area contributed by atoms with Crippen molar-refractivity contribution in [1.82, 2.24) is 9.97 Å². The normalized spacial score (nSPS) is 12.4. The molecule has 1 heterocycles. The minimum atomic E-state index is -0.128. The Balaban J connectivity index is 2.20. The first kappa shape index (κ1) is 12.9. The van der Waals surface area contributed by atoms with Crippen LogP contribution >= 0.6 is 11.8 Å². The number of nitrogens with one attached hydrogen (secondary N) is 1. The molecule has 0 aliphatic rings. The number of rotatable bonds is 3. The molecule has 3 N–H and O–H groups in total. The lowest BCUT2D eigenvalue weighted by Crippen LogP contribution is -2.07. The largest absolute Gasteiger partial charge is 0.324 e. The predicted octanol–water partition coefficient (Wildman–Crippen LogP) is 2.25. The Bertz CT molecular complexity index is 590. The molecule has 18 heavy (non-hydrogen) atoms. The van der Waals surface area contributed by atoms with Crippen LogP contribution in [-0.2, 0) is 0 Å². The molecule has 0 aliphatic carbocycles. The number of H-pyrrole nitrogens is 1. The van der Waals surface area contributed by atoms with Crippen molar-refractivity contribution in [3.8, 4) is 0 Å². The Morgan fingerprint density at radius 3 is 2.56 bits per heavy atom. The molecule has 0 amide bonds. The fraction of sp³-hybridized carbons (Fsp3) is 0.231. The third kappa shape index (κ3) is 3.21. The molecule has 1 atom stereocenters. The van der Waals surface area contributed by atoms with E-state index < -0.39 is 0 Å². The molecular formula is C13H15N3OS. The van der Waals surface area contributed by atoms with Crippen LogP contribution in [0.25, 0.3) is 0 Å². The molecule has 0 bridgehead atoms. The smallest absolute Gasteiger partial charge is 0.251 e. The molecule has 0 radical (unpaired) electrons. The van der Waals surface area contributed by atoms with Gasteiger partial charge in [-0.1, -0.05) is 23.9 Å². The highest BCUT2D eigenvalue weighted by atomic mass is 32.2. The van der Waals surface area contributed by atoms with E-state index in [1.807, 2.05) is 31.2 Å². The van der Waals surface area contributed by atoms with E-state index in [0.717, 1.165) is 10.5 Å². The van der Waals surface area contributed by atoms with Gasteiger partial charge in [-0.2, -0.15) is 0 Å². The van der Waals surface area contributed by atoms with Crippen molar-refractivity contribution in [3.63, 3.8) is 0 Å². The van der Waals surface area contributed by atoms with Gasteiger partial charge in [0, 0.05) is 22.7 Å². The molecule has 0 spiro atoms. The highest BCUT2D eigenvalue weighted by Gasteiger charge is 2.03. The van der Waals surface area contributed by atoms with Gasteiger partial charge >= 0.3 is 0 Å².